The molecule has 0 atom stereocenters. The highest BCUT2D eigenvalue weighted by atomic mass is 16.1. The van der Waals surface area contributed by atoms with Crippen molar-refractivity contribution in [3.8, 4) is 0 Å². The predicted octanol–water partition coefficient (Wildman–Crippen LogP) is 4.20. The molecule has 2 aromatic carbocycles. The number of ketones is 1. The molecule has 108 valence electrons. The Balaban J connectivity index is 1.97. The Kier molecular flexibility index (Phi) is 3.54. The maximum absolute atomic E-state index is 12.0. The summed E-state index contributed by atoms with van der Waals surface area (Å²) in [5.41, 5.74) is 7.30. The summed E-state index contributed by atoms with van der Waals surface area (Å²) in [6, 6.07) is 12.4. The van der Waals surface area contributed by atoms with Crippen LogP contribution in [0.2, 0.25) is 0 Å². The summed E-state index contributed by atoms with van der Waals surface area (Å²) in [5.74, 6) is 0.263. The van der Waals surface area contributed by atoms with Crippen LogP contribution in [0.4, 0.5) is 5.69 Å². The van der Waals surface area contributed by atoms with Crippen molar-refractivity contribution in [1.82, 2.24) is 0 Å². The van der Waals surface area contributed by atoms with E-state index in [1.807, 2.05) is 18.2 Å². The van der Waals surface area contributed by atoms with Crippen LogP contribution in [0.25, 0.3) is 0 Å². The molecule has 0 saturated heterocycles. The molecule has 0 unspecified atom stereocenters. The molecule has 0 saturated carbocycles. The van der Waals surface area contributed by atoms with Crippen LogP contribution in [-0.4, -0.2) is 12.3 Å². The average molecular weight is 279 g/mol. The summed E-state index contributed by atoms with van der Waals surface area (Å²) < 4.78 is 0. The molecule has 2 aromatic rings. The molecule has 3 rings (SSSR count). The highest BCUT2D eigenvalue weighted by molar-refractivity contribution is 6.03. The molecule has 0 fully saturated rings. The molecule has 0 N–H and O–H groups in total. The standard InChI is InChI=1S/C19H21NO/c1-13-10-14(2)17(15(3)11-13)12-20-9-8-19(21)16-6-4-5-7-18(16)20/h4-7,10-11H,8-9,12H2,1-3H3. The monoisotopic (exact) mass is 279 g/mol. The quantitative estimate of drug-likeness (QED) is 0.821. The molecule has 0 bridgehead atoms. The minimum Gasteiger partial charge on any atom is -0.366 e. The number of Topliss-reactive ketones (excluding diaryl/α,β-unsaturated/α-hetero) is 1. The van der Waals surface area contributed by atoms with Gasteiger partial charge in [-0.3, -0.25) is 4.79 Å². The SMILES string of the molecule is Cc1cc(C)c(CN2CCC(=O)c3ccccc32)c(C)c1. The molecular formula is C19H21NO. The number of aryl methyl sites for hydroxylation is 3. The third kappa shape index (κ3) is 2.58. The molecule has 1 aliphatic rings. The molecule has 0 aliphatic carbocycles. The molecule has 0 spiro atoms. The number of nitrogens with zero attached hydrogens (tertiary/aromatic N) is 1. The third-order valence-corrected chi connectivity index (χ3v) is 4.34. The predicted molar refractivity (Wildman–Crippen MR) is 87.1 cm³/mol. The molecule has 21 heavy (non-hydrogen) atoms. The van der Waals surface area contributed by atoms with E-state index in [0.717, 1.165) is 24.3 Å². The van der Waals surface area contributed by atoms with Gasteiger partial charge in [-0.1, -0.05) is 29.8 Å². The lowest BCUT2D eigenvalue weighted by atomic mass is 9.96. The van der Waals surface area contributed by atoms with Gasteiger partial charge in [-0.15, -0.1) is 0 Å². The minimum absolute atomic E-state index is 0.263. The molecule has 0 aromatic heterocycles. The zero-order valence-corrected chi connectivity index (χ0v) is 12.9. The van der Waals surface area contributed by atoms with Crippen molar-refractivity contribution in [2.75, 3.05) is 11.4 Å². The zero-order valence-electron chi connectivity index (χ0n) is 12.9. The Morgan fingerprint density at radius 3 is 2.43 bits per heavy atom. The van der Waals surface area contributed by atoms with Gasteiger partial charge in [0.2, 0.25) is 0 Å². The molecule has 0 amide bonds. The van der Waals surface area contributed by atoms with Crippen LogP contribution in [0.1, 0.15) is 39.0 Å². The van der Waals surface area contributed by atoms with Crippen LogP contribution in [0.5, 0.6) is 0 Å². The zero-order chi connectivity index (χ0) is 15.0. The number of benzene rings is 2. The van der Waals surface area contributed by atoms with Crippen LogP contribution in [0.15, 0.2) is 36.4 Å². The number of anilines is 1. The lowest BCUT2D eigenvalue weighted by Crippen LogP contribution is -2.32. The van der Waals surface area contributed by atoms with Gasteiger partial charge in [0.15, 0.2) is 5.78 Å². The van der Waals surface area contributed by atoms with E-state index >= 15 is 0 Å². The van der Waals surface area contributed by atoms with E-state index in [4.69, 9.17) is 0 Å². The topological polar surface area (TPSA) is 20.3 Å². The van der Waals surface area contributed by atoms with E-state index in [0.29, 0.717) is 6.42 Å². The lowest BCUT2D eigenvalue weighted by Gasteiger charge is -2.31. The van der Waals surface area contributed by atoms with Crippen LogP contribution < -0.4 is 4.90 Å². The van der Waals surface area contributed by atoms with Crippen molar-refractivity contribution in [1.29, 1.82) is 0 Å². The second kappa shape index (κ2) is 5.36. The second-order valence-electron chi connectivity index (χ2n) is 5.99. The number of rotatable bonds is 2. The fourth-order valence-corrected chi connectivity index (χ4v) is 3.29. The van der Waals surface area contributed by atoms with Crippen LogP contribution in [0.3, 0.4) is 0 Å². The number of carbonyl (C=O) groups is 1. The van der Waals surface area contributed by atoms with Gasteiger partial charge in [-0.25, -0.2) is 0 Å². The van der Waals surface area contributed by atoms with Crippen molar-refractivity contribution in [3.05, 3.63) is 64.2 Å². The first kappa shape index (κ1) is 13.9. The fourth-order valence-electron chi connectivity index (χ4n) is 3.29. The number of hydrogen-bond donors (Lipinski definition) is 0. The van der Waals surface area contributed by atoms with Crippen molar-refractivity contribution in [2.45, 2.75) is 33.7 Å². The molecule has 0 radical (unpaired) electrons. The maximum atomic E-state index is 12.0. The van der Waals surface area contributed by atoms with Crippen molar-refractivity contribution in [2.24, 2.45) is 0 Å². The highest BCUT2D eigenvalue weighted by Gasteiger charge is 2.23. The van der Waals surface area contributed by atoms with E-state index in [1.54, 1.807) is 0 Å². The normalized spacial score (nSPS) is 14.2. The number of fused-ring (bicyclic) bond motifs is 1. The summed E-state index contributed by atoms with van der Waals surface area (Å²) in [6.07, 6.45) is 0.612. The molecule has 2 heteroatoms. The van der Waals surface area contributed by atoms with Crippen LogP contribution in [0, 0.1) is 20.8 Å². The van der Waals surface area contributed by atoms with E-state index in [2.05, 4.69) is 43.9 Å². The smallest absolute Gasteiger partial charge is 0.166 e. The highest BCUT2D eigenvalue weighted by Crippen LogP contribution is 2.29. The summed E-state index contributed by atoms with van der Waals surface area (Å²) in [4.78, 5) is 14.4. The summed E-state index contributed by atoms with van der Waals surface area (Å²) in [7, 11) is 0. The average Bonchev–Trinajstić information content (AvgIpc) is 2.45. The molecule has 1 heterocycles. The number of carbonyl (C=O) groups excluding carboxylic acids is 1. The molecule has 2 nitrogen and oxygen atoms in total. The summed E-state index contributed by atoms with van der Waals surface area (Å²) in [6.45, 7) is 8.18. The Labute approximate surface area is 126 Å². The van der Waals surface area contributed by atoms with Gasteiger partial charge in [-0.05, 0) is 49.6 Å². The van der Waals surface area contributed by atoms with Crippen molar-refractivity contribution < 1.29 is 4.79 Å². The van der Waals surface area contributed by atoms with E-state index in [9.17, 15) is 4.79 Å². The third-order valence-electron chi connectivity index (χ3n) is 4.34. The maximum Gasteiger partial charge on any atom is 0.166 e. The van der Waals surface area contributed by atoms with Crippen molar-refractivity contribution in [3.63, 3.8) is 0 Å². The van der Waals surface area contributed by atoms with E-state index in [-0.39, 0.29) is 5.78 Å². The van der Waals surface area contributed by atoms with Gasteiger partial charge in [0, 0.05) is 30.8 Å². The van der Waals surface area contributed by atoms with Crippen molar-refractivity contribution >= 4 is 11.5 Å². The van der Waals surface area contributed by atoms with Crippen LogP contribution >= 0.6 is 0 Å². The van der Waals surface area contributed by atoms with E-state index < -0.39 is 0 Å². The van der Waals surface area contributed by atoms with E-state index in [1.165, 1.54) is 22.3 Å². The first-order valence-corrected chi connectivity index (χ1v) is 7.50. The minimum atomic E-state index is 0.263. The number of hydrogen-bond acceptors (Lipinski definition) is 2. The van der Waals surface area contributed by atoms with Gasteiger partial charge in [0.05, 0.1) is 0 Å². The first-order chi connectivity index (χ1) is 10.1. The lowest BCUT2D eigenvalue weighted by molar-refractivity contribution is 0.0979. The van der Waals surface area contributed by atoms with Gasteiger partial charge < -0.3 is 4.90 Å². The molecular weight excluding hydrogens is 258 g/mol. The molecule has 1 aliphatic heterocycles. The Hall–Kier alpha value is -2.09. The fraction of sp³-hybridized carbons (Fsp3) is 0.316. The second-order valence-corrected chi connectivity index (χ2v) is 5.99. The Morgan fingerprint density at radius 2 is 1.71 bits per heavy atom. The number of para-hydroxylation sites is 1. The van der Waals surface area contributed by atoms with Gasteiger partial charge >= 0.3 is 0 Å². The van der Waals surface area contributed by atoms with Crippen LogP contribution in [-0.2, 0) is 6.54 Å². The van der Waals surface area contributed by atoms with Gasteiger partial charge in [0.25, 0.3) is 0 Å². The Bertz CT molecular complexity index is 679. The Morgan fingerprint density at radius 1 is 1.05 bits per heavy atom. The summed E-state index contributed by atoms with van der Waals surface area (Å²) >= 11 is 0. The first-order valence-electron chi connectivity index (χ1n) is 7.50. The largest absolute Gasteiger partial charge is 0.366 e. The van der Waals surface area contributed by atoms with Gasteiger partial charge in [-0.2, -0.15) is 0 Å². The summed E-state index contributed by atoms with van der Waals surface area (Å²) in [5, 5.41) is 0. The van der Waals surface area contributed by atoms with Gasteiger partial charge in [0.1, 0.15) is 0 Å².